The zero-order valence-corrected chi connectivity index (χ0v) is 13.9. The quantitative estimate of drug-likeness (QED) is 0.778. The van der Waals surface area contributed by atoms with E-state index in [0.29, 0.717) is 11.5 Å². The van der Waals surface area contributed by atoms with Gasteiger partial charge < -0.3 is 5.11 Å². The number of rotatable bonds is 1. The Morgan fingerprint density at radius 2 is 1.50 bits per heavy atom. The molecule has 1 N–H and O–H groups in total. The summed E-state index contributed by atoms with van der Waals surface area (Å²) in [6.07, 6.45) is 11.3. The molecule has 0 aromatic rings. The second-order valence-corrected chi connectivity index (χ2v) is 8.16. The van der Waals surface area contributed by atoms with Gasteiger partial charge in [-0.2, -0.15) is 0 Å². The molecule has 0 bridgehead atoms. The lowest BCUT2D eigenvalue weighted by atomic mass is 9.77. The van der Waals surface area contributed by atoms with E-state index in [1.165, 1.54) is 64.5 Å². The summed E-state index contributed by atoms with van der Waals surface area (Å²) < 4.78 is 0. The molecule has 1 aliphatic heterocycles. The minimum absolute atomic E-state index is 0.0820. The molecule has 0 amide bonds. The predicted octanol–water partition coefficient (Wildman–Crippen LogP) is 4.22. The van der Waals surface area contributed by atoms with E-state index in [0.717, 1.165) is 12.3 Å². The van der Waals surface area contributed by atoms with Crippen LogP contribution < -0.4 is 0 Å². The minimum atomic E-state index is -0.0820. The van der Waals surface area contributed by atoms with E-state index in [1.807, 2.05) is 0 Å². The van der Waals surface area contributed by atoms with Crippen molar-refractivity contribution in [2.45, 2.75) is 90.7 Å². The lowest BCUT2D eigenvalue weighted by Gasteiger charge is -2.36. The first kappa shape index (κ1) is 16.3. The third-order valence-corrected chi connectivity index (χ3v) is 5.65. The summed E-state index contributed by atoms with van der Waals surface area (Å²) in [7, 11) is 0. The number of likely N-dealkylation sites (tertiary alicyclic amines) is 1. The van der Waals surface area contributed by atoms with E-state index in [9.17, 15) is 5.11 Å². The molecular formula is C18H35NO. The highest BCUT2D eigenvalue weighted by Gasteiger charge is 2.31. The van der Waals surface area contributed by atoms with Gasteiger partial charge in [0.15, 0.2) is 0 Å². The summed E-state index contributed by atoms with van der Waals surface area (Å²) in [5.41, 5.74) is 0.440. The molecule has 1 saturated heterocycles. The van der Waals surface area contributed by atoms with Gasteiger partial charge in [-0.1, -0.05) is 46.5 Å². The van der Waals surface area contributed by atoms with E-state index in [2.05, 4.69) is 25.7 Å². The Hall–Kier alpha value is -0.0800. The zero-order valence-electron chi connectivity index (χ0n) is 13.9. The molecule has 2 aliphatic rings. The van der Waals surface area contributed by atoms with E-state index >= 15 is 0 Å². The maximum absolute atomic E-state index is 10.5. The molecule has 3 unspecified atom stereocenters. The van der Waals surface area contributed by atoms with Crippen LogP contribution in [0, 0.1) is 11.3 Å². The summed E-state index contributed by atoms with van der Waals surface area (Å²) >= 11 is 0. The number of hydrogen-bond donors (Lipinski definition) is 1. The van der Waals surface area contributed by atoms with Gasteiger partial charge in [0.2, 0.25) is 0 Å². The molecule has 0 aromatic carbocycles. The molecule has 0 aromatic heterocycles. The van der Waals surface area contributed by atoms with Crippen LogP contribution in [0.15, 0.2) is 0 Å². The largest absolute Gasteiger partial charge is 0.391 e. The Morgan fingerprint density at radius 3 is 2.20 bits per heavy atom. The van der Waals surface area contributed by atoms with Crippen molar-refractivity contribution >= 4 is 0 Å². The van der Waals surface area contributed by atoms with Crippen molar-refractivity contribution in [2.75, 3.05) is 13.1 Å². The average molecular weight is 281 g/mol. The van der Waals surface area contributed by atoms with Crippen LogP contribution in [0.2, 0.25) is 0 Å². The van der Waals surface area contributed by atoms with Gasteiger partial charge in [0.05, 0.1) is 6.10 Å². The number of nitrogens with zero attached hydrogens (tertiary/aromatic N) is 1. The van der Waals surface area contributed by atoms with E-state index < -0.39 is 0 Å². The molecule has 118 valence electrons. The summed E-state index contributed by atoms with van der Waals surface area (Å²) in [6, 6.07) is 0.439. The fourth-order valence-corrected chi connectivity index (χ4v) is 4.19. The molecule has 0 radical (unpaired) electrons. The van der Waals surface area contributed by atoms with Crippen molar-refractivity contribution in [2.24, 2.45) is 11.3 Å². The maximum atomic E-state index is 10.5. The maximum Gasteiger partial charge on any atom is 0.0695 e. The molecule has 2 nitrogen and oxygen atoms in total. The first-order valence-corrected chi connectivity index (χ1v) is 8.90. The van der Waals surface area contributed by atoms with Crippen molar-refractivity contribution in [3.05, 3.63) is 0 Å². The van der Waals surface area contributed by atoms with Gasteiger partial charge in [0.1, 0.15) is 0 Å². The Kier molecular flexibility index (Phi) is 5.92. The molecule has 1 aliphatic carbocycles. The monoisotopic (exact) mass is 281 g/mol. The molecule has 20 heavy (non-hydrogen) atoms. The van der Waals surface area contributed by atoms with E-state index in [1.54, 1.807) is 0 Å². The summed E-state index contributed by atoms with van der Waals surface area (Å²) in [5, 5.41) is 10.5. The van der Waals surface area contributed by atoms with Gasteiger partial charge in [-0.25, -0.2) is 0 Å². The van der Waals surface area contributed by atoms with Gasteiger partial charge >= 0.3 is 0 Å². The first-order valence-electron chi connectivity index (χ1n) is 8.90. The van der Waals surface area contributed by atoms with Crippen LogP contribution in [0.5, 0.6) is 0 Å². The highest BCUT2D eigenvalue weighted by Crippen LogP contribution is 2.35. The van der Waals surface area contributed by atoms with Gasteiger partial charge in [-0.3, -0.25) is 4.90 Å². The standard InChI is InChI=1S/C18H35NO/c1-18(2,3)15-9-8-13-19(14-12-15)16-10-6-4-5-7-11-17(16)20/h15-17,20H,4-14H2,1-3H3. The first-order chi connectivity index (χ1) is 9.48. The van der Waals surface area contributed by atoms with E-state index in [-0.39, 0.29) is 6.10 Å². The molecule has 2 heteroatoms. The molecule has 2 rings (SSSR count). The molecule has 2 fully saturated rings. The van der Waals surface area contributed by atoms with Crippen LogP contribution in [0.3, 0.4) is 0 Å². The molecule has 3 atom stereocenters. The number of aliphatic hydroxyl groups excluding tert-OH is 1. The lowest BCUT2D eigenvalue weighted by Crippen LogP contribution is -2.44. The van der Waals surface area contributed by atoms with Crippen molar-refractivity contribution < 1.29 is 5.11 Å². The van der Waals surface area contributed by atoms with Crippen LogP contribution in [0.4, 0.5) is 0 Å². The summed E-state index contributed by atoms with van der Waals surface area (Å²) in [4.78, 5) is 2.63. The molecular weight excluding hydrogens is 246 g/mol. The fourth-order valence-electron chi connectivity index (χ4n) is 4.19. The van der Waals surface area contributed by atoms with Crippen molar-refractivity contribution in [3.63, 3.8) is 0 Å². The lowest BCUT2D eigenvalue weighted by molar-refractivity contribution is 0.0314. The Balaban J connectivity index is 1.94. The van der Waals surface area contributed by atoms with Crippen molar-refractivity contribution in [3.8, 4) is 0 Å². The number of hydrogen-bond acceptors (Lipinski definition) is 2. The topological polar surface area (TPSA) is 23.5 Å². The highest BCUT2D eigenvalue weighted by atomic mass is 16.3. The normalized spacial score (nSPS) is 35.1. The molecule has 1 heterocycles. The average Bonchev–Trinajstić information content (AvgIpc) is 2.59. The van der Waals surface area contributed by atoms with Gasteiger partial charge in [-0.05, 0) is 56.5 Å². The van der Waals surface area contributed by atoms with Gasteiger partial charge in [0.25, 0.3) is 0 Å². The van der Waals surface area contributed by atoms with E-state index in [4.69, 9.17) is 0 Å². The Bertz CT molecular complexity index is 284. The smallest absolute Gasteiger partial charge is 0.0695 e. The van der Waals surface area contributed by atoms with Crippen LogP contribution in [0.25, 0.3) is 0 Å². The zero-order chi connectivity index (χ0) is 14.6. The molecule has 1 saturated carbocycles. The molecule has 0 spiro atoms. The van der Waals surface area contributed by atoms with Crippen LogP contribution in [0.1, 0.15) is 78.6 Å². The van der Waals surface area contributed by atoms with Crippen molar-refractivity contribution in [1.29, 1.82) is 0 Å². The SMILES string of the molecule is CC(C)(C)C1CCCN(C2CCCCCCC2O)CC1. The second kappa shape index (κ2) is 7.26. The third-order valence-electron chi connectivity index (χ3n) is 5.65. The summed E-state index contributed by atoms with van der Waals surface area (Å²) in [5.74, 6) is 0.846. The summed E-state index contributed by atoms with van der Waals surface area (Å²) in [6.45, 7) is 9.56. The van der Waals surface area contributed by atoms with Crippen molar-refractivity contribution in [1.82, 2.24) is 4.90 Å². The second-order valence-electron chi connectivity index (χ2n) is 8.16. The predicted molar refractivity (Wildman–Crippen MR) is 85.9 cm³/mol. The fraction of sp³-hybridized carbons (Fsp3) is 1.00. The van der Waals surface area contributed by atoms with Crippen LogP contribution >= 0.6 is 0 Å². The highest BCUT2D eigenvalue weighted by molar-refractivity contribution is 4.85. The number of aliphatic hydroxyl groups is 1. The van der Waals surface area contributed by atoms with Gasteiger partial charge in [0, 0.05) is 6.04 Å². The third kappa shape index (κ3) is 4.46. The Labute approximate surface area is 125 Å². The minimum Gasteiger partial charge on any atom is -0.391 e. The Morgan fingerprint density at radius 1 is 0.800 bits per heavy atom. The van der Waals surface area contributed by atoms with Crippen LogP contribution in [-0.4, -0.2) is 35.2 Å². The van der Waals surface area contributed by atoms with Crippen LogP contribution in [-0.2, 0) is 0 Å². The van der Waals surface area contributed by atoms with Gasteiger partial charge in [-0.15, -0.1) is 0 Å².